The normalized spacial score (nSPS) is 10.3. The molecule has 0 unspecified atom stereocenters. The van der Waals surface area contributed by atoms with E-state index < -0.39 is 0 Å². The zero-order valence-electron chi connectivity index (χ0n) is 18.5. The molecular formula is C26H29N3O3. The first-order valence-corrected chi connectivity index (χ1v) is 10.6. The van der Waals surface area contributed by atoms with Crippen molar-refractivity contribution in [3.8, 4) is 5.75 Å². The molecule has 0 heterocycles. The highest BCUT2D eigenvalue weighted by atomic mass is 16.5. The standard InChI is InChI=1S/C26H29N3O3/c1-29(2)26(31)21-11-6-12-23(18-21)28-25(30)19-27-22-13-15-24(16-14-22)32-17-7-10-20-8-4-3-5-9-20/h3-6,8-9,11-16,18,27H,7,10,17,19H2,1-2H3,(H,28,30). The van der Waals surface area contributed by atoms with E-state index in [-0.39, 0.29) is 18.4 Å². The van der Waals surface area contributed by atoms with Crippen LogP contribution in [-0.4, -0.2) is 44.0 Å². The van der Waals surface area contributed by atoms with Crippen LogP contribution in [0.5, 0.6) is 5.75 Å². The number of aryl methyl sites for hydroxylation is 1. The van der Waals surface area contributed by atoms with E-state index in [1.807, 2.05) is 42.5 Å². The van der Waals surface area contributed by atoms with E-state index in [1.54, 1.807) is 38.4 Å². The van der Waals surface area contributed by atoms with Crippen LogP contribution in [0, 0.1) is 0 Å². The zero-order valence-corrected chi connectivity index (χ0v) is 18.5. The smallest absolute Gasteiger partial charge is 0.253 e. The number of ether oxygens (including phenoxy) is 1. The van der Waals surface area contributed by atoms with Gasteiger partial charge >= 0.3 is 0 Å². The van der Waals surface area contributed by atoms with Gasteiger partial charge in [0.1, 0.15) is 5.75 Å². The van der Waals surface area contributed by atoms with E-state index in [9.17, 15) is 9.59 Å². The Labute approximate surface area is 189 Å². The highest BCUT2D eigenvalue weighted by Crippen LogP contribution is 2.16. The molecule has 0 atom stereocenters. The maximum Gasteiger partial charge on any atom is 0.253 e. The lowest BCUT2D eigenvalue weighted by Gasteiger charge is -2.12. The number of anilines is 2. The molecule has 0 bridgehead atoms. The summed E-state index contributed by atoms with van der Waals surface area (Å²) in [7, 11) is 3.39. The Kier molecular flexibility index (Phi) is 8.26. The molecule has 0 aliphatic carbocycles. The fourth-order valence-corrected chi connectivity index (χ4v) is 3.16. The highest BCUT2D eigenvalue weighted by molar-refractivity contribution is 5.97. The van der Waals surface area contributed by atoms with Gasteiger partial charge in [-0.2, -0.15) is 0 Å². The van der Waals surface area contributed by atoms with Crippen LogP contribution in [0.4, 0.5) is 11.4 Å². The van der Waals surface area contributed by atoms with Crippen molar-refractivity contribution in [1.82, 2.24) is 4.90 Å². The van der Waals surface area contributed by atoms with Crippen LogP contribution in [0.25, 0.3) is 0 Å². The van der Waals surface area contributed by atoms with Gasteiger partial charge in [-0.25, -0.2) is 0 Å². The van der Waals surface area contributed by atoms with Crippen molar-refractivity contribution >= 4 is 23.2 Å². The third-order valence-corrected chi connectivity index (χ3v) is 4.83. The van der Waals surface area contributed by atoms with Crippen LogP contribution in [0.1, 0.15) is 22.3 Å². The molecule has 0 aromatic heterocycles. The maximum atomic E-state index is 12.3. The first-order valence-electron chi connectivity index (χ1n) is 10.6. The lowest BCUT2D eigenvalue weighted by molar-refractivity contribution is -0.114. The molecule has 0 aliphatic rings. The summed E-state index contributed by atoms with van der Waals surface area (Å²) < 4.78 is 5.80. The predicted molar refractivity (Wildman–Crippen MR) is 128 cm³/mol. The number of hydrogen-bond donors (Lipinski definition) is 2. The minimum Gasteiger partial charge on any atom is -0.494 e. The third-order valence-electron chi connectivity index (χ3n) is 4.83. The van der Waals surface area contributed by atoms with E-state index in [1.165, 1.54) is 10.5 Å². The molecule has 166 valence electrons. The molecule has 3 aromatic carbocycles. The largest absolute Gasteiger partial charge is 0.494 e. The number of amides is 2. The Balaban J connectivity index is 1.40. The lowest BCUT2D eigenvalue weighted by atomic mass is 10.1. The van der Waals surface area contributed by atoms with Crippen molar-refractivity contribution in [3.05, 3.63) is 90.0 Å². The number of benzene rings is 3. The first kappa shape index (κ1) is 22.9. The quantitative estimate of drug-likeness (QED) is 0.465. The van der Waals surface area contributed by atoms with Gasteiger partial charge in [0.25, 0.3) is 5.91 Å². The summed E-state index contributed by atoms with van der Waals surface area (Å²) in [6.45, 7) is 0.766. The second kappa shape index (κ2) is 11.6. The van der Waals surface area contributed by atoms with Crippen LogP contribution in [0.15, 0.2) is 78.9 Å². The van der Waals surface area contributed by atoms with Crippen LogP contribution in [0.2, 0.25) is 0 Å². The Bertz CT molecular complexity index is 1020. The third kappa shape index (κ3) is 7.16. The minimum absolute atomic E-state index is 0.110. The molecule has 0 aliphatic heterocycles. The van der Waals surface area contributed by atoms with Gasteiger partial charge in [0.15, 0.2) is 0 Å². The molecule has 2 N–H and O–H groups in total. The van der Waals surface area contributed by atoms with Crippen LogP contribution < -0.4 is 15.4 Å². The molecule has 32 heavy (non-hydrogen) atoms. The van der Waals surface area contributed by atoms with Gasteiger partial charge in [0.2, 0.25) is 5.91 Å². The van der Waals surface area contributed by atoms with E-state index >= 15 is 0 Å². The maximum absolute atomic E-state index is 12.3. The summed E-state index contributed by atoms with van der Waals surface area (Å²) in [4.78, 5) is 25.8. The number of carbonyl (C=O) groups excluding carboxylic acids is 2. The average Bonchev–Trinajstić information content (AvgIpc) is 2.81. The van der Waals surface area contributed by atoms with E-state index in [0.29, 0.717) is 17.9 Å². The molecule has 2 amide bonds. The fourth-order valence-electron chi connectivity index (χ4n) is 3.16. The molecule has 0 radical (unpaired) electrons. The van der Waals surface area contributed by atoms with Gasteiger partial charge in [0, 0.05) is 31.0 Å². The molecule has 0 saturated carbocycles. The summed E-state index contributed by atoms with van der Waals surface area (Å²) in [5, 5.41) is 5.90. The van der Waals surface area contributed by atoms with E-state index in [4.69, 9.17) is 4.74 Å². The highest BCUT2D eigenvalue weighted by Gasteiger charge is 2.09. The topological polar surface area (TPSA) is 70.7 Å². The van der Waals surface area contributed by atoms with Crippen LogP contribution in [-0.2, 0) is 11.2 Å². The second-order valence-corrected chi connectivity index (χ2v) is 7.64. The Morgan fingerprint density at radius 1 is 0.875 bits per heavy atom. The van der Waals surface area contributed by atoms with Gasteiger partial charge in [0.05, 0.1) is 13.2 Å². The summed E-state index contributed by atoms with van der Waals surface area (Å²) in [6.07, 6.45) is 1.94. The first-order chi connectivity index (χ1) is 15.5. The monoisotopic (exact) mass is 431 g/mol. The Morgan fingerprint density at radius 3 is 2.34 bits per heavy atom. The van der Waals surface area contributed by atoms with E-state index in [0.717, 1.165) is 24.3 Å². The van der Waals surface area contributed by atoms with Crippen molar-refractivity contribution in [2.24, 2.45) is 0 Å². The van der Waals surface area contributed by atoms with Crippen LogP contribution in [0.3, 0.4) is 0 Å². The molecule has 6 heteroatoms. The zero-order chi connectivity index (χ0) is 22.8. The molecule has 0 spiro atoms. The van der Waals surface area contributed by atoms with Crippen molar-refractivity contribution in [2.45, 2.75) is 12.8 Å². The van der Waals surface area contributed by atoms with Gasteiger partial charge in [-0.3, -0.25) is 9.59 Å². The van der Waals surface area contributed by atoms with Crippen molar-refractivity contribution in [1.29, 1.82) is 0 Å². The lowest BCUT2D eigenvalue weighted by Crippen LogP contribution is -2.23. The SMILES string of the molecule is CN(C)C(=O)c1cccc(NC(=O)CNc2ccc(OCCCc3ccccc3)cc2)c1. The fraction of sp³-hybridized carbons (Fsp3) is 0.231. The molecule has 3 aromatic rings. The van der Waals surface area contributed by atoms with Gasteiger partial charge in [-0.1, -0.05) is 36.4 Å². The van der Waals surface area contributed by atoms with Crippen LogP contribution >= 0.6 is 0 Å². The summed E-state index contributed by atoms with van der Waals surface area (Å²) in [6, 6.07) is 24.8. The summed E-state index contributed by atoms with van der Waals surface area (Å²) in [5.74, 6) is 0.498. The van der Waals surface area contributed by atoms with Crippen molar-refractivity contribution in [3.63, 3.8) is 0 Å². The van der Waals surface area contributed by atoms with Gasteiger partial charge < -0.3 is 20.3 Å². The summed E-state index contributed by atoms with van der Waals surface area (Å²) in [5.41, 5.74) is 3.25. The van der Waals surface area contributed by atoms with Crippen molar-refractivity contribution in [2.75, 3.05) is 37.9 Å². The average molecular weight is 432 g/mol. The summed E-state index contributed by atoms with van der Waals surface area (Å²) >= 11 is 0. The number of carbonyl (C=O) groups is 2. The molecule has 0 saturated heterocycles. The molecule has 6 nitrogen and oxygen atoms in total. The second-order valence-electron chi connectivity index (χ2n) is 7.64. The van der Waals surface area contributed by atoms with E-state index in [2.05, 4.69) is 22.8 Å². The molecular weight excluding hydrogens is 402 g/mol. The number of hydrogen-bond acceptors (Lipinski definition) is 4. The van der Waals surface area contributed by atoms with Gasteiger partial charge in [-0.05, 0) is 60.9 Å². The van der Waals surface area contributed by atoms with Gasteiger partial charge in [-0.15, -0.1) is 0 Å². The number of rotatable bonds is 10. The number of nitrogens with one attached hydrogen (secondary N) is 2. The number of nitrogens with zero attached hydrogens (tertiary/aromatic N) is 1. The Morgan fingerprint density at radius 2 is 1.62 bits per heavy atom. The predicted octanol–water partition coefficient (Wildman–Crippen LogP) is 4.45. The Hall–Kier alpha value is -3.80. The molecule has 0 fully saturated rings. The molecule has 3 rings (SSSR count). The van der Waals surface area contributed by atoms with Crippen molar-refractivity contribution < 1.29 is 14.3 Å². The minimum atomic E-state index is -0.194.